The first-order valence-corrected chi connectivity index (χ1v) is 3.85. The molecule has 1 rings (SSSR count). The van der Waals surface area contributed by atoms with Gasteiger partial charge in [-0.25, -0.2) is 0 Å². The van der Waals surface area contributed by atoms with Crippen molar-refractivity contribution in [2.45, 2.75) is 45.2 Å². The molecule has 1 fully saturated rings. The zero-order chi connectivity index (χ0) is 8.48. The molecule has 0 aromatic rings. The van der Waals surface area contributed by atoms with Crippen LogP contribution in [0.2, 0.25) is 0 Å². The fraction of sp³-hybridized carbons (Fsp3) is 0.778. The van der Waals surface area contributed by atoms with E-state index >= 15 is 0 Å². The molecule has 1 saturated heterocycles. The first-order chi connectivity index (χ1) is 5.03. The maximum atomic E-state index is 5.49. The summed E-state index contributed by atoms with van der Waals surface area (Å²) in [5, 5.41) is 0. The van der Waals surface area contributed by atoms with Crippen molar-refractivity contribution in [1.29, 1.82) is 0 Å². The van der Waals surface area contributed by atoms with E-state index in [1.165, 1.54) is 0 Å². The minimum atomic E-state index is -0.519. The Morgan fingerprint density at radius 1 is 1.45 bits per heavy atom. The zero-order valence-electron chi connectivity index (χ0n) is 7.26. The first-order valence-electron chi connectivity index (χ1n) is 3.85. The summed E-state index contributed by atoms with van der Waals surface area (Å²) >= 11 is 0. The predicted molar refractivity (Wildman–Crippen MR) is 42.9 cm³/mol. The highest BCUT2D eigenvalue weighted by atomic mass is 16.7. The van der Waals surface area contributed by atoms with Crippen LogP contribution in [-0.4, -0.2) is 18.0 Å². The SMILES string of the molecule is C#C[C@@H]1C[C@H](C)OC(C)(C)O1. The van der Waals surface area contributed by atoms with Gasteiger partial charge in [0.25, 0.3) is 0 Å². The number of ether oxygens (including phenoxy) is 2. The second-order valence-corrected chi connectivity index (χ2v) is 3.34. The number of terminal acetylenes is 1. The third-order valence-electron chi connectivity index (χ3n) is 1.64. The fourth-order valence-corrected chi connectivity index (χ4v) is 1.35. The maximum absolute atomic E-state index is 5.49. The number of hydrogen-bond donors (Lipinski definition) is 0. The molecule has 0 N–H and O–H groups in total. The monoisotopic (exact) mass is 154 g/mol. The van der Waals surface area contributed by atoms with E-state index in [0.29, 0.717) is 0 Å². The molecule has 0 spiro atoms. The molecule has 2 nitrogen and oxygen atoms in total. The summed E-state index contributed by atoms with van der Waals surface area (Å²) in [6, 6.07) is 0. The van der Waals surface area contributed by atoms with Crippen molar-refractivity contribution in [3.05, 3.63) is 0 Å². The van der Waals surface area contributed by atoms with Crippen LogP contribution in [0.3, 0.4) is 0 Å². The lowest BCUT2D eigenvalue weighted by atomic mass is 10.1. The van der Waals surface area contributed by atoms with E-state index < -0.39 is 5.79 Å². The summed E-state index contributed by atoms with van der Waals surface area (Å²) in [7, 11) is 0. The minimum absolute atomic E-state index is 0.0891. The van der Waals surface area contributed by atoms with Crippen molar-refractivity contribution in [2.75, 3.05) is 0 Å². The van der Waals surface area contributed by atoms with Gasteiger partial charge in [0.1, 0.15) is 6.10 Å². The first kappa shape index (κ1) is 8.58. The summed E-state index contributed by atoms with van der Waals surface area (Å²) in [6.07, 6.45) is 6.15. The molecule has 0 saturated carbocycles. The van der Waals surface area contributed by atoms with Gasteiger partial charge in [0.2, 0.25) is 0 Å². The normalized spacial score (nSPS) is 36.2. The van der Waals surface area contributed by atoms with E-state index in [4.69, 9.17) is 15.9 Å². The van der Waals surface area contributed by atoms with Crippen LogP contribution >= 0.6 is 0 Å². The molecule has 2 atom stereocenters. The third-order valence-corrected chi connectivity index (χ3v) is 1.64. The molecular formula is C9H14O2. The average Bonchev–Trinajstić information content (AvgIpc) is 1.83. The molecule has 11 heavy (non-hydrogen) atoms. The summed E-state index contributed by atoms with van der Waals surface area (Å²) in [6.45, 7) is 5.77. The van der Waals surface area contributed by atoms with Crippen LogP contribution < -0.4 is 0 Å². The van der Waals surface area contributed by atoms with E-state index in [2.05, 4.69) is 5.92 Å². The quantitative estimate of drug-likeness (QED) is 0.493. The Morgan fingerprint density at radius 2 is 2.09 bits per heavy atom. The van der Waals surface area contributed by atoms with Gasteiger partial charge < -0.3 is 9.47 Å². The molecule has 1 heterocycles. The smallest absolute Gasteiger partial charge is 0.164 e. The van der Waals surface area contributed by atoms with E-state index in [-0.39, 0.29) is 12.2 Å². The molecule has 1 aliphatic rings. The molecule has 0 amide bonds. The van der Waals surface area contributed by atoms with Gasteiger partial charge in [0.05, 0.1) is 6.10 Å². The van der Waals surface area contributed by atoms with E-state index in [9.17, 15) is 0 Å². The van der Waals surface area contributed by atoms with Gasteiger partial charge in [-0.05, 0) is 20.8 Å². The second kappa shape index (κ2) is 2.84. The standard InChI is InChI=1S/C9H14O2/c1-5-8-6-7(2)10-9(3,4)11-8/h1,7-8H,6H2,2-4H3/t7-,8+/m0/s1. The lowest BCUT2D eigenvalue weighted by Gasteiger charge is -2.37. The minimum Gasteiger partial charge on any atom is -0.347 e. The van der Waals surface area contributed by atoms with Crippen molar-refractivity contribution in [2.24, 2.45) is 0 Å². The van der Waals surface area contributed by atoms with Gasteiger partial charge in [-0.15, -0.1) is 6.42 Å². The van der Waals surface area contributed by atoms with Crippen LogP contribution in [0.4, 0.5) is 0 Å². The van der Waals surface area contributed by atoms with Crippen molar-refractivity contribution in [3.8, 4) is 12.3 Å². The summed E-state index contributed by atoms with van der Waals surface area (Å²) in [4.78, 5) is 0. The zero-order valence-corrected chi connectivity index (χ0v) is 7.26. The average molecular weight is 154 g/mol. The van der Waals surface area contributed by atoms with Crippen LogP contribution in [0, 0.1) is 12.3 Å². The molecule has 2 heteroatoms. The van der Waals surface area contributed by atoms with Crippen LogP contribution in [0.25, 0.3) is 0 Å². The van der Waals surface area contributed by atoms with Crippen molar-refractivity contribution in [1.82, 2.24) is 0 Å². The molecule has 0 bridgehead atoms. The molecule has 0 aromatic carbocycles. The van der Waals surface area contributed by atoms with Gasteiger partial charge in [-0.1, -0.05) is 5.92 Å². The topological polar surface area (TPSA) is 18.5 Å². The highest BCUT2D eigenvalue weighted by Gasteiger charge is 2.32. The molecule has 0 unspecified atom stereocenters. The molecule has 0 aromatic heterocycles. The van der Waals surface area contributed by atoms with Gasteiger partial charge in [0.15, 0.2) is 5.79 Å². The van der Waals surface area contributed by atoms with Gasteiger partial charge >= 0.3 is 0 Å². The predicted octanol–water partition coefficient (Wildman–Crippen LogP) is 1.55. The highest BCUT2D eigenvalue weighted by Crippen LogP contribution is 2.25. The van der Waals surface area contributed by atoms with Gasteiger partial charge in [-0.3, -0.25) is 0 Å². The Morgan fingerprint density at radius 3 is 2.55 bits per heavy atom. The maximum Gasteiger partial charge on any atom is 0.164 e. The van der Waals surface area contributed by atoms with Crippen LogP contribution in [0.1, 0.15) is 27.2 Å². The van der Waals surface area contributed by atoms with Crippen LogP contribution in [0.15, 0.2) is 0 Å². The molecule has 0 radical (unpaired) electrons. The summed E-state index contributed by atoms with van der Waals surface area (Å²) < 4.78 is 10.9. The number of hydrogen-bond acceptors (Lipinski definition) is 2. The molecular weight excluding hydrogens is 140 g/mol. The van der Waals surface area contributed by atoms with Gasteiger partial charge in [-0.2, -0.15) is 0 Å². The lowest BCUT2D eigenvalue weighted by molar-refractivity contribution is -0.284. The Bertz CT molecular complexity index is 178. The Balaban J connectivity index is 2.60. The Kier molecular flexibility index (Phi) is 2.22. The Labute approximate surface area is 67.9 Å². The Hall–Kier alpha value is -0.520. The fourth-order valence-electron chi connectivity index (χ4n) is 1.35. The second-order valence-electron chi connectivity index (χ2n) is 3.34. The van der Waals surface area contributed by atoms with Crippen molar-refractivity contribution >= 4 is 0 Å². The van der Waals surface area contributed by atoms with Crippen molar-refractivity contribution in [3.63, 3.8) is 0 Å². The highest BCUT2D eigenvalue weighted by molar-refractivity contribution is 4.97. The van der Waals surface area contributed by atoms with Crippen molar-refractivity contribution < 1.29 is 9.47 Å². The number of rotatable bonds is 0. The third kappa shape index (κ3) is 2.21. The largest absolute Gasteiger partial charge is 0.347 e. The van der Waals surface area contributed by atoms with Crippen LogP contribution in [-0.2, 0) is 9.47 Å². The van der Waals surface area contributed by atoms with E-state index in [1.54, 1.807) is 0 Å². The van der Waals surface area contributed by atoms with Crippen LogP contribution in [0.5, 0.6) is 0 Å². The van der Waals surface area contributed by atoms with E-state index in [0.717, 1.165) is 6.42 Å². The lowest BCUT2D eigenvalue weighted by Crippen LogP contribution is -2.42. The molecule has 0 aliphatic carbocycles. The molecule has 1 aliphatic heterocycles. The van der Waals surface area contributed by atoms with Gasteiger partial charge in [0, 0.05) is 6.42 Å². The van der Waals surface area contributed by atoms with E-state index in [1.807, 2.05) is 20.8 Å². The molecule has 62 valence electrons. The summed E-state index contributed by atoms with van der Waals surface area (Å²) in [5.41, 5.74) is 0. The summed E-state index contributed by atoms with van der Waals surface area (Å²) in [5.74, 6) is 2.07.